The van der Waals surface area contributed by atoms with E-state index in [1.165, 1.54) is 5.56 Å². The van der Waals surface area contributed by atoms with Gasteiger partial charge >= 0.3 is 0 Å². The Labute approximate surface area is 141 Å². The number of hydrogen-bond acceptors (Lipinski definition) is 3. The molecule has 4 heteroatoms. The highest BCUT2D eigenvalue weighted by atomic mass is 16.2. The fourth-order valence-corrected chi connectivity index (χ4v) is 3.42. The van der Waals surface area contributed by atoms with Gasteiger partial charge in [0.05, 0.1) is 5.52 Å². The maximum Gasteiger partial charge on any atom is 0.274 e. The largest absolute Gasteiger partial charge is 0.337 e. The van der Waals surface area contributed by atoms with E-state index in [9.17, 15) is 4.79 Å². The third-order valence-corrected chi connectivity index (χ3v) is 4.78. The summed E-state index contributed by atoms with van der Waals surface area (Å²) in [5.74, 6) is 0.384. The van der Waals surface area contributed by atoms with Gasteiger partial charge in [0.2, 0.25) is 0 Å². The molecule has 2 heterocycles. The lowest BCUT2D eigenvalue weighted by Gasteiger charge is -2.16. The smallest absolute Gasteiger partial charge is 0.274 e. The number of rotatable bonds is 2. The highest BCUT2D eigenvalue weighted by Crippen LogP contribution is 2.28. The Kier molecular flexibility index (Phi) is 3.73. The number of hydrogen-bond donors (Lipinski definition) is 0. The van der Waals surface area contributed by atoms with Gasteiger partial charge in [-0.3, -0.25) is 4.79 Å². The number of carbonyl (C=O) groups is 1. The number of nitrogens with zero attached hydrogens (tertiary/aromatic N) is 3. The van der Waals surface area contributed by atoms with Crippen molar-refractivity contribution in [2.75, 3.05) is 13.1 Å². The van der Waals surface area contributed by atoms with Gasteiger partial charge in [0, 0.05) is 24.4 Å². The lowest BCUT2D eigenvalue weighted by atomic mass is 9.99. The fourth-order valence-electron chi connectivity index (χ4n) is 3.42. The van der Waals surface area contributed by atoms with Crippen molar-refractivity contribution in [1.82, 2.24) is 15.1 Å². The second kappa shape index (κ2) is 6.04. The SMILES string of the molecule is Cc1cccc2cc(C(=O)N3CCC(c4ccccc4)C3)nnc12. The summed E-state index contributed by atoms with van der Waals surface area (Å²) in [5.41, 5.74) is 3.66. The minimum atomic E-state index is -0.0238. The second-order valence-corrected chi connectivity index (χ2v) is 6.39. The highest BCUT2D eigenvalue weighted by Gasteiger charge is 2.28. The Bertz CT molecular complexity index is 892. The molecule has 0 radical (unpaired) electrons. The van der Waals surface area contributed by atoms with E-state index in [4.69, 9.17) is 0 Å². The van der Waals surface area contributed by atoms with Crippen molar-refractivity contribution in [3.05, 3.63) is 71.4 Å². The van der Waals surface area contributed by atoms with E-state index in [1.54, 1.807) is 0 Å². The Morgan fingerprint density at radius 3 is 2.75 bits per heavy atom. The molecule has 120 valence electrons. The van der Waals surface area contributed by atoms with Crippen molar-refractivity contribution in [3.8, 4) is 0 Å². The summed E-state index contributed by atoms with van der Waals surface area (Å²) in [6.07, 6.45) is 0.996. The van der Waals surface area contributed by atoms with Gasteiger partial charge in [-0.1, -0.05) is 48.5 Å². The van der Waals surface area contributed by atoms with Crippen molar-refractivity contribution in [1.29, 1.82) is 0 Å². The standard InChI is InChI=1S/C20H19N3O/c1-14-6-5-9-16-12-18(21-22-19(14)16)20(24)23-11-10-17(13-23)15-7-3-2-4-8-15/h2-9,12,17H,10-11,13H2,1H3. The van der Waals surface area contributed by atoms with E-state index in [0.29, 0.717) is 11.6 Å². The van der Waals surface area contributed by atoms with Crippen LogP contribution in [0.1, 0.15) is 34.0 Å². The molecule has 1 unspecified atom stereocenters. The van der Waals surface area contributed by atoms with Crippen molar-refractivity contribution in [2.24, 2.45) is 0 Å². The fraction of sp³-hybridized carbons (Fsp3) is 0.250. The molecular formula is C20H19N3O. The summed E-state index contributed by atoms with van der Waals surface area (Å²) in [6.45, 7) is 3.52. The monoisotopic (exact) mass is 317 g/mol. The maximum absolute atomic E-state index is 12.8. The molecule has 24 heavy (non-hydrogen) atoms. The van der Waals surface area contributed by atoms with E-state index in [1.807, 2.05) is 42.2 Å². The van der Waals surface area contributed by atoms with Gasteiger partial charge in [-0.2, -0.15) is 0 Å². The zero-order chi connectivity index (χ0) is 16.5. The summed E-state index contributed by atoms with van der Waals surface area (Å²) < 4.78 is 0. The number of likely N-dealkylation sites (tertiary alicyclic amines) is 1. The van der Waals surface area contributed by atoms with Crippen LogP contribution in [0.4, 0.5) is 0 Å². The molecule has 0 saturated carbocycles. The number of amides is 1. The molecule has 4 rings (SSSR count). The zero-order valence-corrected chi connectivity index (χ0v) is 13.6. The first-order valence-electron chi connectivity index (χ1n) is 8.29. The first-order valence-corrected chi connectivity index (χ1v) is 8.29. The minimum absolute atomic E-state index is 0.0238. The maximum atomic E-state index is 12.8. The third kappa shape index (κ3) is 2.64. The topological polar surface area (TPSA) is 46.1 Å². The van der Waals surface area contributed by atoms with E-state index < -0.39 is 0 Å². The van der Waals surface area contributed by atoms with Gasteiger partial charge in [-0.05, 0) is 30.5 Å². The van der Waals surface area contributed by atoms with Gasteiger partial charge in [0.25, 0.3) is 5.91 Å². The number of fused-ring (bicyclic) bond motifs is 1. The van der Waals surface area contributed by atoms with Crippen molar-refractivity contribution in [2.45, 2.75) is 19.3 Å². The quantitative estimate of drug-likeness (QED) is 0.726. The van der Waals surface area contributed by atoms with E-state index in [2.05, 4.69) is 34.5 Å². The molecule has 1 aliphatic heterocycles. The molecule has 1 fully saturated rings. The van der Waals surface area contributed by atoms with E-state index >= 15 is 0 Å². The molecule has 0 N–H and O–H groups in total. The molecule has 1 aliphatic rings. The van der Waals surface area contributed by atoms with Crippen LogP contribution < -0.4 is 0 Å². The van der Waals surface area contributed by atoms with Crippen molar-refractivity contribution >= 4 is 16.8 Å². The van der Waals surface area contributed by atoms with Gasteiger partial charge < -0.3 is 4.90 Å². The molecule has 1 atom stereocenters. The predicted octanol–water partition coefficient (Wildman–Crippen LogP) is 3.57. The molecule has 1 aromatic heterocycles. The van der Waals surface area contributed by atoms with Crippen molar-refractivity contribution in [3.63, 3.8) is 0 Å². The van der Waals surface area contributed by atoms with Crippen LogP contribution in [0.2, 0.25) is 0 Å². The lowest BCUT2D eigenvalue weighted by Crippen LogP contribution is -2.29. The molecule has 1 amide bonds. The summed E-state index contributed by atoms with van der Waals surface area (Å²) in [7, 11) is 0. The van der Waals surface area contributed by atoms with E-state index in [-0.39, 0.29) is 5.91 Å². The van der Waals surface area contributed by atoms with Crippen LogP contribution in [0.5, 0.6) is 0 Å². The van der Waals surface area contributed by atoms with E-state index in [0.717, 1.165) is 36.0 Å². The van der Waals surface area contributed by atoms with Gasteiger partial charge in [0.15, 0.2) is 5.69 Å². The molecule has 0 bridgehead atoms. The number of aromatic nitrogens is 2. The lowest BCUT2D eigenvalue weighted by molar-refractivity contribution is 0.0784. The molecule has 2 aromatic carbocycles. The summed E-state index contributed by atoms with van der Waals surface area (Å²) in [5, 5.41) is 9.39. The van der Waals surface area contributed by atoms with Gasteiger partial charge in [-0.15, -0.1) is 10.2 Å². The molecule has 4 nitrogen and oxygen atoms in total. The van der Waals surface area contributed by atoms with Crippen LogP contribution >= 0.6 is 0 Å². The third-order valence-electron chi connectivity index (χ3n) is 4.78. The van der Waals surface area contributed by atoms with Crippen LogP contribution in [0.15, 0.2) is 54.6 Å². The number of carbonyl (C=O) groups excluding carboxylic acids is 1. The molecule has 3 aromatic rings. The first-order chi connectivity index (χ1) is 11.7. The normalized spacial score (nSPS) is 17.4. The van der Waals surface area contributed by atoms with Crippen LogP contribution in [0.25, 0.3) is 10.9 Å². The van der Waals surface area contributed by atoms with Crippen LogP contribution in [0.3, 0.4) is 0 Å². The Balaban J connectivity index is 1.56. The minimum Gasteiger partial charge on any atom is -0.337 e. The average molecular weight is 317 g/mol. The molecular weight excluding hydrogens is 298 g/mol. The van der Waals surface area contributed by atoms with Gasteiger partial charge in [0.1, 0.15) is 0 Å². The van der Waals surface area contributed by atoms with Crippen LogP contribution in [0, 0.1) is 6.92 Å². The first kappa shape index (κ1) is 14.8. The van der Waals surface area contributed by atoms with Gasteiger partial charge in [-0.25, -0.2) is 0 Å². The Hall–Kier alpha value is -2.75. The number of aryl methyl sites for hydroxylation is 1. The second-order valence-electron chi connectivity index (χ2n) is 6.39. The summed E-state index contributed by atoms with van der Waals surface area (Å²) in [6, 6.07) is 18.2. The average Bonchev–Trinajstić information content (AvgIpc) is 3.12. The highest BCUT2D eigenvalue weighted by molar-refractivity contribution is 5.96. The Morgan fingerprint density at radius 1 is 1.08 bits per heavy atom. The number of benzene rings is 2. The van der Waals surface area contributed by atoms with Crippen LogP contribution in [-0.4, -0.2) is 34.1 Å². The summed E-state index contributed by atoms with van der Waals surface area (Å²) in [4.78, 5) is 14.7. The van der Waals surface area contributed by atoms with Crippen molar-refractivity contribution < 1.29 is 4.79 Å². The Morgan fingerprint density at radius 2 is 1.92 bits per heavy atom. The zero-order valence-electron chi connectivity index (χ0n) is 13.6. The summed E-state index contributed by atoms with van der Waals surface area (Å²) >= 11 is 0. The molecule has 0 aliphatic carbocycles. The van der Waals surface area contributed by atoms with Crippen LogP contribution in [-0.2, 0) is 0 Å². The molecule has 0 spiro atoms. The molecule has 1 saturated heterocycles. The predicted molar refractivity (Wildman–Crippen MR) is 94.0 cm³/mol.